The van der Waals surface area contributed by atoms with Gasteiger partial charge in [-0.15, -0.1) is 0 Å². The van der Waals surface area contributed by atoms with Crippen LogP contribution in [0.15, 0.2) is 18.2 Å². The van der Waals surface area contributed by atoms with Gasteiger partial charge >= 0.3 is 0 Å². The summed E-state index contributed by atoms with van der Waals surface area (Å²) < 4.78 is 0. The topological polar surface area (TPSA) is 38.0 Å². The molecule has 0 heterocycles. The molecule has 0 saturated carbocycles. The predicted octanol–water partition coefficient (Wildman–Crippen LogP) is 2.42. The largest absolute Gasteiger partial charge is 0.330 e. The Bertz CT molecular complexity index is 356. The fourth-order valence-corrected chi connectivity index (χ4v) is 1.85. The van der Waals surface area contributed by atoms with Gasteiger partial charge in [0.05, 0.1) is 0 Å². The highest BCUT2D eigenvalue weighted by Crippen LogP contribution is 2.12. The van der Waals surface area contributed by atoms with Gasteiger partial charge in [0.25, 0.3) is 0 Å². The van der Waals surface area contributed by atoms with E-state index in [1.54, 1.807) is 0 Å². The summed E-state index contributed by atoms with van der Waals surface area (Å²) >= 11 is 0. The Kier molecular flexibility index (Phi) is 5.16. The molecular formula is C15H26N2. The molecule has 0 aliphatic heterocycles. The number of hydrogen-bond acceptors (Lipinski definition) is 2. The molecule has 0 atom stereocenters. The third-order valence-corrected chi connectivity index (χ3v) is 3.23. The summed E-state index contributed by atoms with van der Waals surface area (Å²) in [6.45, 7) is 11.4. The van der Waals surface area contributed by atoms with E-state index in [9.17, 15) is 0 Å². The zero-order valence-corrected chi connectivity index (χ0v) is 11.6. The van der Waals surface area contributed by atoms with Crippen molar-refractivity contribution >= 4 is 0 Å². The van der Waals surface area contributed by atoms with Crippen molar-refractivity contribution < 1.29 is 0 Å². The lowest BCUT2D eigenvalue weighted by Gasteiger charge is -2.22. The third-order valence-electron chi connectivity index (χ3n) is 3.23. The molecule has 1 aromatic carbocycles. The fraction of sp³-hybridized carbons (Fsp3) is 0.600. The number of benzene rings is 1. The van der Waals surface area contributed by atoms with Crippen molar-refractivity contribution in [1.29, 1.82) is 0 Å². The molecule has 0 aliphatic rings. The Morgan fingerprint density at radius 1 is 1.24 bits per heavy atom. The highest BCUT2D eigenvalue weighted by atomic mass is 14.9. The van der Waals surface area contributed by atoms with Gasteiger partial charge < -0.3 is 11.1 Å². The number of hydrogen-bond donors (Lipinski definition) is 2. The van der Waals surface area contributed by atoms with Crippen molar-refractivity contribution in [2.45, 2.75) is 34.1 Å². The van der Waals surface area contributed by atoms with Crippen LogP contribution in [0.3, 0.4) is 0 Å². The minimum Gasteiger partial charge on any atom is -0.330 e. The number of nitrogens with two attached hydrogens (primary N) is 1. The maximum atomic E-state index is 5.70. The van der Waals surface area contributed by atoms with Gasteiger partial charge in [0.1, 0.15) is 0 Å². The van der Waals surface area contributed by atoms with E-state index in [0.29, 0.717) is 0 Å². The van der Waals surface area contributed by atoms with Crippen molar-refractivity contribution in [3.05, 3.63) is 34.9 Å². The van der Waals surface area contributed by atoms with Crippen LogP contribution < -0.4 is 11.1 Å². The lowest BCUT2D eigenvalue weighted by atomic mass is 9.94. The molecule has 0 unspecified atom stereocenters. The van der Waals surface area contributed by atoms with Crippen LogP contribution in [0.4, 0.5) is 0 Å². The van der Waals surface area contributed by atoms with E-state index in [2.05, 4.69) is 51.2 Å². The van der Waals surface area contributed by atoms with E-state index < -0.39 is 0 Å². The summed E-state index contributed by atoms with van der Waals surface area (Å²) in [4.78, 5) is 0. The molecule has 0 aromatic heterocycles. The van der Waals surface area contributed by atoms with E-state index in [1.165, 1.54) is 16.7 Å². The van der Waals surface area contributed by atoms with Gasteiger partial charge in [-0.05, 0) is 49.9 Å². The second kappa shape index (κ2) is 6.18. The standard InChI is InChI=1S/C15H26N2/c1-12-5-6-14(13(2)9-12)7-8-17-11-15(3,4)10-16/h5-6,9,17H,7-8,10-11,16H2,1-4H3. The zero-order valence-electron chi connectivity index (χ0n) is 11.6. The third kappa shape index (κ3) is 4.88. The van der Waals surface area contributed by atoms with E-state index in [-0.39, 0.29) is 5.41 Å². The zero-order chi connectivity index (χ0) is 12.9. The Labute approximate surface area is 106 Å². The second-order valence-corrected chi connectivity index (χ2v) is 5.73. The minimum absolute atomic E-state index is 0.197. The first kappa shape index (κ1) is 14.2. The average Bonchev–Trinajstić information content (AvgIpc) is 2.27. The quantitative estimate of drug-likeness (QED) is 0.742. The van der Waals surface area contributed by atoms with Gasteiger partial charge in [-0.25, -0.2) is 0 Å². The molecule has 96 valence electrons. The molecule has 2 nitrogen and oxygen atoms in total. The lowest BCUT2D eigenvalue weighted by molar-refractivity contribution is 0.353. The van der Waals surface area contributed by atoms with Gasteiger partial charge in [0.2, 0.25) is 0 Å². The normalized spacial score (nSPS) is 11.8. The monoisotopic (exact) mass is 234 g/mol. The number of aryl methyl sites for hydroxylation is 2. The van der Waals surface area contributed by atoms with Crippen molar-refractivity contribution in [2.75, 3.05) is 19.6 Å². The maximum absolute atomic E-state index is 5.70. The molecule has 1 aromatic rings. The molecule has 3 N–H and O–H groups in total. The first-order chi connectivity index (χ1) is 7.94. The molecule has 0 spiro atoms. The second-order valence-electron chi connectivity index (χ2n) is 5.73. The van der Waals surface area contributed by atoms with E-state index >= 15 is 0 Å². The predicted molar refractivity (Wildman–Crippen MR) is 75.3 cm³/mol. The van der Waals surface area contributed by atoms with Gasteiger partial charge in [0.15, 0.2) is 0 Å². The van der Waals surface area contributed by atoms with Crippen LogP contribution >= 0.6 is 0 Å². The smallest absolute Gasteiger partial charge is 0.00147 e. The summed E-state index contributed by atoms with van der Waals surface area (Å²) in [7, 11) is 0. The van der Waals surface area contributed by atoms with Crippen LogP contribution in [0, 0.1) is 19.3 Å². The van der Waals surface area contributed by atoms with Crippen LogP contribution in [-0.4, -0.2) is 19.6 Å². The SMILES string of the molecule is Cc1ccc(CCNCC(C)(C)CN)c(C)c1. The first-order valence-corrected chi connectivity index (χ1v) is 6.41. The van der Waals surface area contributed by atoms with Gasteiger partial charge in [0, 0.05) is 6.54 Å². The van der Waals surface area contributed by atoms with E-state index in [0.717, 1.165) is 26.1 Å². The van der Waals surface area contributed by atoms with Crippen LogP contribution in [0.25, 0.3) is 0 Å². The molecule has 0 fully saturated rings. The fourth-order valence-electron chi connectivity index (χ4n) is 1.85. The van der Waals surface area contributed by atoms with Gasteiger partial charge in [-0.2, -0.15) is 0 Å². The number of nitrogens with one attached hydrogen (secondary N) is 1. The number of rotatable bonds is 6. The Morgan fingerprint density at radius 2 is 1.94 bits per heavy atom. The molecule has 17 heavy (non-hydrogen) atoms. The van der Waals surface area contributed by atoms with Crippen molar-refractivity contribution in [2.24, 2.45) is 11.1 Å². The van der Waals surface area contributed by atoms with Crippen LogP contribution in [0.2, 0.25) is 0 Å². The summed E-state index contributed by atoms with van der Waals surface area (Å²) in [6, 6.07) is 6.67. The Hall–Kier alpha value is -0.860. The Morgan fingerprint density at radius 3 is 2.53 bits per heavy atom. The van der Waals surface area contributed by atoms with E-state index in [4.69, 9.17) is 5.73 Å². The van der Waals surface area contributed by atoms with Crippen LogP contribution in [0.5, 0.6) is 0 Å². The highest BCUT2D eigenvalue weighted by Gasteiger charge is 2.14. The molecule has 1 rings (SSSR count). The summed E-state index contributed by atoms with van der Waals surface area (Å²) in [5, 5.41) is 3.49. The van der Waals surface area contributed by atoms with Crippen molar-refractivity contribution in [3.63, 3.8) is 0 Å². The van der Waals surface area contributed by atoms with E-state index in [1.807, 2.05) is 0 Å². The Balaban J connectivity index is 2.36. The lowest BCUT2D eigenvalue weighted by Crippen LogP contribution is -2.36. The maximum Gasteiger partial charge on any atom is 0.00147 e. The molecular weight excluding hydrogens is 208 g/mol. The average molecular weight is 234 g/mol. The molecule has 0 radical (unpaired) electrons. The van der Waals surface area contributed by atoms with Crippen molar-refractivity contribution in [1.82, 2.24) is 5.32 Å². The minimum atomic E-state index is 0.197. The summed E-state index contributed by atoms with van der Waals surface area (Å²) in [6.07, 6.45) is 1.09. The highest BCUT2D eigenvalue weighted by molar-refractivity contribution is 5.30. The van der Waals surface area contributed by atoms with Gasteiger partial charge in [-0.1, -0.05) is 37.6 Å². The molecule has 2 heteroatoms. The molecule has 0 bridgehead atoms. The summed E-state index contributed by atoms with van der Waals surface area (Å²) in [5.41, 5.74) is 10.1. The first-order valence-electron chi connectivity index (χ1n) is 6.41. The molecule has 0 aliphatic carbocycles. The van der Waals surface area contributed by atoms with Crippen LogP contribution in [-0.2, 0) is 6.42 Å². The summed E-state index contributed by atoms with van der Waals surface area (Å²) in [5.74, 6) is 0. The van der Waals surface area contributed by atoms with Crippen molar-refractivity contribution in [3.8, 4) is 0 Å². The molecule has 0 amide bonds. The molecule has 0 saturated heterocycles. The van der Waals surface area contributed by atoms with Crippen LogP contribution in [0.1, 0.15) is 30.5 Å². The van der Waals surface area contributed by atoms with Gasteiger partial charge in [-0.3, -0.25) is 0 Å².